The fraction of sp³-hybridized carbons (Fsp3) is 0.217. The van der Waals surface area contributed by atoms with E-state index in [-0.39, 0.29) is 17.4 Å². The maximum atomic E-state index is 12.4. The van der Waals surface area contributed by atoms with Gasteiger partial charge in [0.05, 0.1) is 5.69 Å². The van der Waals surface area contributed by atoms with Crippen molar-refractivity contribution in [1.82, 2.24) is 4.57 Å². The molecular weight excluding hydrogens is 384 g/mol. The van der Waals surface area contributed by atoms with Crippen LogP contribution in [0.4, 0.5) is 0 Å². The van der Waals surface area contributed by atoms with Crippen molar-refractivity contribution in [1.29, 1.82) is 0 Å². The molecule has 7 heteroatoms. The summed E-state index contributed by atoms with van der Waals surface area (Å²) in [7, 11) is 0. The van der Waals surface area contributed by atoms with Crippen LogP contribution in [0.15, 0.2) is 64.7 Å². The van der Waals surface area contributed by atoms with Gasteiger partial charge in [-0.2, -0.15) is 0 Å². The monoisotopic (exact) mass is 404 g/mol. The van der Waals surface area contributed by atoms with Gasteiger partial charge >= 0.3 is 5.91 Å². The standard InChI is InChI=1S/C23H20N2O5/c1-2-16-8-15-9-22(30-13-14-6-4-3-5-7-14)21(27)10-17(15)19-11-20(26)18(12-25(16)19)23(28)24-29/h3-7,9-12,16,27H,2,8,13H2,1H3. The molecule has 2 aromatic carbocycles. The van der Waals surface area contributed by atoms with E-state index in [2.05, 4.69) is 5.18 Å². The SMILES string of the molecule is CCC1Cc2cc(OCc3ccccc3)c(O)cc2-c2cc(=O)c(C(=O)N=O)cn21. The zero-order valence-electron chi connectivity index (χ0n) is 16.4. The molecule has 4 rings (SSSR count). The Morgan fingerprint density at radius 1 is 1.23 bits per heavy atom. The van der Waals surface area contributed by atoms with Crippen LogP contribution >= 0.6 is 0 Å². The fourth-order valence-corrected chi connectivity index (χ4v) is 3.84. The molecule has 7 nitrogen and oxygen atoms in total. The Hall–Kier alpha value is -3.74. The van der Waals surface area contributed by atoms with E-state index in [1.54, 1.807) is 12.1 Å². The number of fused-ring (bicyclic) bond motifs is 3. The number of phenols is 1. The lowest BCUT2D eigenvalue weighted by molar-refractivity contribution is 0.0999. The molecule has 30 heavy (non-hydrogen) atoms. The number of nitroso groups, excluding NO2 is 1. The maximum absolute atomic E-state index is 12.4. The van der Waals surface area contributed by atoms with Crippen LogP contribution in [-0.2, 0) is 13.0 Å². The predicted molar refractivity (Wildman–Crippen MR) is 112 cm³/mol. The van der Waals surface area contributed by atoms with Crippen molar-refractivity contribution in [2.45, 2.75) is 32.4 Å². The van der Waals surface area contributed by atoms with Crippen LogP contribution in [0.25, 0.3) is 11.3 Å². The summed E-state index contributed by atoms with van der Waals surface area (Å²) in [5.41, 5.74) is 2.38. The molecule has 0 aliphatic carbocycles. The summed E-state index contributed by atoms with van der Waals surface area (Å²) in [6.45, 7) is 2.33. The number of ether oxygens (including phenoxy) is 1. The molecule has 1 N–H and O–H groups in total. The second-order valence-corrected chi connectivity index (χ2v) is 7.26. The molecule has 2 heterocycles. The molecule has 0 radical (unpaired) electrons. The third-order valence-electron chi connectivity index (χ3n) is 5.41. The molecule has 0 spiro atoms. The van der Waals surface area contributed by atoms with E-state index in [9.17, 15) is 19.6 Å². The van der Waals surface area contributed by atoms with Gasteiger partial charge in [0.25, 0.3) is 0 Å². The summed E-state index contributed by atoms with van der Waals surface area (Å²) in [5.74, 6) is -0.739. The Bertz CT molecular complexity index is 1180. The Morgan fingerprint density at radius 3 is 2.70 bits per heavy atom. The second-order valence-electron chi connectivity index (χ2n) is 7.26. The van der Waals surface area contributed by atoms with Crippen LogP contribution in [-0.4, -0.2) is 15.6 Å². The van der Waals surface area contributed by atoms with Crippen LogP contribution in [0.3, 0.4) is 0 Å². The number of pyridine rings is 1. The molecule has 1 unspecified atom stereocenters. The number of amides is 1. The van der Waals surface area contributed by atoms with Gasteiger partial charge in [-0.05, 0) is 36.1 Å². The zero-order valence-corrected chi connectivity index (χ0v) is 16.4. The van der Waals surface area contributed by atoms with Gasteiger partial charge in [-0.1, -0.05) is 37.3 Å². The van der Waals surface area contributed by atoms with Gasteiger partial charge in [-0.15, -0.1) is 4.91 Å². The van der Waals surface area contributed by atoms with Crippen molar-refractivity contribution < 1.29 is 14.6 Å². The Balaban J connectivity index is 1.75. The lowest BCUT2D eigenvalue weighted by Gasteiger charge is -2.30. The van der Waals surface area contributed by atoms with Crippen LogP contribution in [0.5, 0.6) is 11.5 Å². The number of benzene rings is 2. The van der Waals surface area contributed by atoms with Crippen LogP contribution < -0.4 is 10.2 Å². The number of rotatable bonds is 5. The quantitative estimate of drug-likeness (QED) is 0.642. The normalized spacial score (nSPS) is 14.5. The molecule has 1 aliphatic rings. The largest absolute Gasteiger partial charge is 0.504 e. The van der Waals surface area contributed by atoms with E-state index in [0.717, 1.165) is 17.5 Å². The first-order chi connectivity index (χ1) is 14.5. The number of hydrogen-bond acceptors (Lipinski definition) is 5. The summed E-state index contributed by atoms with van der Waals surface area (Å²) < 4.78 is 7.64. The number of aromatic hydroxyl groups is 1. The Kier molecular flexibility index (Phi) is 5.18. The van der Waals surface area contributed by atoms with Gasteiger partial charge < -0.3 is 14.4 Å². The lowest BCUT2D eigenvalue weighted by atomic mass is 9.90. The van der Waals surface area contributed by atoms with Crippen molar-refractivity contribution in [3.8, 4) is 22.8 Å². The summed E-state index contributed by atoms with van der Waals surface area (Å²) in [6.07, 6.45) is 2.78. The molecule has 1 aliphatic heterocycles. The minimum absolute atomic E-state index is 0.0159. The highest BCUT2D eigenvalue weighted by Gasteiger charge is 2.27. The van der Waals surface area contributed by atoms with E-state index in [0.29, 0.717) is 30.0 Å². The first-order valence-electron chi connectivity index (χ1n) is 9.68. The zero-order chi connectivity index (χ0) is 21.3. The Labute approximate surface area is 172 Å². The molecule has 1 atom stereocenters. The van der Waals surface area contributed by atoms with Crippen LogP contribution in [0, 0.1) is 4.91 Å². The molecule has 3 aromatic rings. The average Bonchev–Trinajstić information content (AvgIpc) is 2.77. The number of hydrogen-bond donors (Lipinski definition) is 1. The van der Waals surface area contributed by atoms with Crippen molar-refractivity contribution in [2.24, 2.45) is 5.18 Å². The summed E-state index contributed by atoms with van der Waals surface area (Å²) in [5, 5.41) is 12.9. The van der Waals surface area contributed by atoms with Crippen molar-refractivity contribution in [3.63, 3.8) is 0 Å². The molecule has 0 saturated carbocycles. The minimum atomic E-state index is -1.08. The molecule has 152 valence electrons. The predicted octanol–water partition coefficient (Wildman–Crippen LogP) is 4.21. The van der Waals surface area contributed by atoms with E-state index in [4.69, 9.17) is 4.74 Å². The fourth-order valence-electron chi connectivity index (χ4n) is 3.84. The highest BCUT2D eigenvalue weighted by molar-refractivity contribution is 5.94. The van der Waals surface area contributed by atoms with Gasteiger partial charge in [-0.25, -0.2) is 0 Å². The van der Waals surface area contributed by atoms with Crippen LogP contribution in [0.2, 0.25) is 0 Å². The average molecular weight is 404 g/mol. The van der Waals surface area contributed by atoms with Crippen molar-refractivity contribution in [2.75, 3.05) is 0 Å². The molecule has 0 bridgehead atoms. The van der Waals surface area contributed by atoms with Crippen LogP contribution in [0.1, 0.15) is 40.9 Å². The van der Waals surface area contributed by atoms with Crippen molar-refractivity contribution in [3.05, 3.63) is 86.5 Å². The maximum Gasteiger partial charge on any atom is 0.322 e. The van der Waals surface area contributed by atoms with E-state index in [1.807, 2.05) is 41.8 Å². The summed E-state index contributed by atoms with van der Waals surface area (Å²) in [4.78, 5) is 34.7. The van der Waals surface area contributed by atoms with Gasteiger partial charge in [0.15, 0.2) is 16.9 Å². The van der Waals surface area contributed by atoms with Gasteiger partial charge in [0, 0.05) is 29.0 Å². The number of aromatic nitrogens is 1. The lowest BCUT2D eigenvalue weighted by Crippen LogP contribution is -2.25. The van der Waals surface area contributed by atoms with Gasteiger partial charge in [0.1, 0.15) is 12.2 Å². The van der Waals surface area contributed by atoms with Crippen molar-refractivity contribution >= 4 is 5.91 Å². The highest BCUT2D eigenvalue weighted by Crippen LogP contribution is 2.41. The van der Waals surface area contributed by atoms with E-state index < -0.39 is 11.3 Å². The number of nitrogens with zero attached hydrogens (tertiary/aromatic N) is 2. The molecule has 0 saturated heterocycles. The molecule has 1 aromatic heterocycles. The Morgan fingerprint density at radius 2 is 2.00 bits per heavy atom. The topological polar surface area (TPSA) is 98.0 Å². The third-order valence-corrected chi connectivity index (χ3v) is 5.41. The first-order valence-corrected chi connectivity index (χ1v) is 9.68. The minimum Gasteiger partial charge on any atom is -0.504 e. The van der Waals surface area contributed by atoms with Gasteiger partial charge in [0.2, 0.25) is 0 Å². The number of carbonyl (C=O) groups is 1. The second kappa shape index (κ2) is 7.94. The van der Waals surface area contributed by atoms with E-state index in [1.165, 1.54) is 12.3 Å². The summed E-state index contributed by atoms with van der Waals surface area (Å²) >= 11 is 0. The smallest absolute Gasteiger partial charge is 0.322 e. The van der Waals surface area contributed by atoms with E-state index >= 15 is 0 Å². The summed E-state index contributed by atoms with van der Waals surface area (Å²) in [6, 6.07) is 14.3. The molecular formula is C23H20N2O5. The molecule has 1 amide bonds. The number of phenolic OH excluding ortho intramolecular Hbond substituents is 1. The van der Waals surface area contributed by atoms with Gasteiger partial charge in [-0.3, -0.25) is 9.59 Å². The third kappa shape index (κ3) is 3.50. The highest BCUT2D eigenvalue weighted by atomic mass is 16.5. The molecule has 0 fully saturated rings. The first kappa shape index (κ1) is 19.6. The number of carbonyl (C=O) groups excluding carboxylic acids is 1.